The Morgan fingerprint density at radius 2 is 1.57 bits per heavy atom. The normalized spacial score (nSPS) is 14.3. The lowest BCUT2D eigenvalue weighted by Gasteiger charge is -2.32. The van der Waals surface area contributed by atoms with Crippen molar-refractivity contribution in [1.82, 2.24) is 10.2 Å². The highest BCUT2D eigenvalue weighted by molar-refractivity contribution is 9.10. The van der Waals surface area contributed by atoms with Crippen molar-refractivity contribution in [1.29, 1.82) is 0 Å². The van der Waals surface area contributed by atoms with Gasteiger partial charge in [0.25, 0.3) is 0 Å². The first-order valence-electron chi connectivity index (χ1n) is 12.7. The molecule has 1 N–H and O–H groups in total. The van der Waals surface area contributed by atoms with Crippen LogP contribution in [0.25, 0.3) is 0 Å². The van der Waals surface area contributed by atoms with E-state index in [-0.39, 0.29) is 17.9 Å². The molecule has 0 aliphatic heterocycles. The summed E-state index contributed by atoms with van der Waals surface area (Å²) in [5.74, 6) is 0.910. The molecule has 0 spiro atoms. The van der Waals surface area contributed by atoms with Crippen LogP contribution in [-0.4, -0.2) is 34.6 Å². The van der Waals surface area contributed by atoms with Crippen LogP contribution in [0.5, 0.6) is 0 Å². The average molecular weight is 600 g/mol. The van der Waals surface area contributed by atoms with Gasteiger partial charge in [0.1, 0.15) is 6.04 Å². The van der Waals surface area contributed by atoms with E-state index in [0.717, 1.165) is 52.6 Å². The molecule has 4 nitrogen and oxygen atoms in total. The Labute approximate surface area is 237 Å². The van der Waals surface area contributed by atoms with Crippen molar-refractivity contribution in [3.05, 3.63) is 105 Å². The van der Waals surface area contributed by atoms with Gasteiger partial charge < -0.3 is 10.2 Å². The van der Waals surface area contributed by atoms with E-state index >= 15 is 0 Å². The van der Waals surface area contributed by atoms with Gasteiger partial charge in [0.05, 0.1) is 5.75 Å². The van der Waals surface area contributed by atoms with Gasteiger partial charge >= 0.3 is 0 Å². The molecule has 1 aliphatic rings. The van der Waals surface area contributed by atoms with Crippen molar-refractivity contribution < 1.29 is 9.59 Å². The van der Waals surface area contributed by atoms with Crippen LogP contribution in [-0.2, 0) is 28.3 Å². The highest BCUT2D eigenvalue weighted by Crippen LogP contribution is 2.22. The maximum Gasteiger partial charge on any atom is 0.243 e. The van der Waals surface area contributed by atoms with Gasteiger partial charge in [0.15, 0.2) is 0 Å². The van der Waals surface area contributed by atoms with Crippen molar-refractivity contribution in [2.75, 3.05) is 5.75 Å². The summed E-state index contributed by atoms with van der Waals surface area (Å²) in [6.07, 6.45) is 4.73. The first-order valence-corrected chi connectivity index (χ1v) is 15.0. The second kappa shape index (κ2) is 14.0. The molecule has 1 fully saturated rings. The van der Waals surface area contributed by atoms with E-state index in [0.29, 0.717) is 23.7 Å². The quantitative estimate of drug-likeness (QED) is 0.257. The highest BCUT2D eigenvalue weighted by atomic mass is 79.9. The Morgan fingerprint density at radius 1 is 0.919 bits per heavy atom. The molecule has 1 atom stereocenters. The third kappa shape index (κ3) is 8.62. The Hall–Kier alpha value is -2.28. The Bertz CT molecular complexity index is 1150. The Morgan fingerprint density at radius 3 is 2.24 bits per heavy atom. The molecule has 0 unspecified atom stereocenters. The summed E-state index contributed by atoms with van der Waals surface area (Å²) in [5.41, 5.74) is 3.14. The molecular weight excluding hydrogens is 568 g/mol. The van der Waals surface area contributed by atoms with Crippen molar-refractivity contribution >= 4 is 51.1 Å². The highest BCUT2D eigenvalue weighted by Gasteiger charge is 2.32. The van der Waals surface area contributed by atoms with Crippen LogP contribution < -0.4 is 5.32 Å². The van der Waals surface area contributed by atoms with Crippen LogP contribution in [0.4, 0.5) is 0 Å². The summed E-state index contributed by atoms with van der Waals surface area (Å²) < 4.78 is 1.03. The predicted octanol–water partition coefficient (Wildman–Crippen LogP) is 7.03. The lowest BCUT2D eigenvalue weighted by Crippen LogP contribution is -2.52. The third-order valence-electron chi connectivity index (χ3n) is 6.65. The van der Waals surface area contributed by atoms with E-state index < -0.39 is 6.04 Å². The molecule has 194 valence electrons. The number of hydrogen-bond acceptors (Lipinski definition) is 3. The molecule has 0 bridgehead atoms. The first-order chi connectivity index (χ1) is 18.0. The minimum absolute atomic E-state index is 0.0421. The van der Waals surface area contributed by atoms with Gasteiger partial charge in [-0.05, 0) is 53.8 Å². The van der Waals surface area contributed by atoms with Crippen LogP contribution in [0.2, 0.25) is 5.02 Å². The number of halogens is 2. The molecule has 1 saturated carbocycles. The molecule has 0 heterocycles. The molecular formula is C30H32BrClN2O2S. The van der Waals surface area contributed by atoms with Gasteiger partial charge in [-0.3, -0.25) is 9.59 Å². The molecule has 7 heteroatoms. The van der Waals surface area contributed by atoms with Crippen LogP contribution >= 0.6 is 39.3 Å². The lowest BCUT2D eigenvalue weighted by molar-refractivity contribution is -0.139. The number of carbonyl (C=O) groups excluding carboxylic acids is 2. The fourth-order valence-electron chi connectivity index (χ4n) is 4.63. The number of nitrogens with one attached hydrogen (secondary N) is 1. The maximum absolute atomic E-state index is 13.7. The molecule has 0 radical (unpaired) electrons. The summed E-state index contributed by atoms with van der Waals surface area (Å²) in [6, 6.07) is 25.2. The molecule has 1 aliphatic carbocycles. The summed E-state index contributed by atoms with van der Waals surface area (Å²) >= 11 is 11.1. The summed E-state index contributed by atoms with van der Waals surface area (Å²) in [4.78, 5) is 29.2. The SMILES string of the molecule is O=C(NC1CCCC1)[C@H](Cc1ccccc1)N(Cc1ccc(Cl)cc1)C(=O)CSCc1ccc(Br)cc1. The van der Waals surface area contributed by atoms with Gasteiger partial charge in [-0.15, -0.1) is 11.8 Å². The topological polar surface area (TPSA) is 49.4 Å². The zero-order valence-corrected chi connectivity index (χ0v) is 23.9. The zero-order chi connectivity index (χ0) is 26.0. The minimum atomic E-state index is -0.598. The number of nitrogens with zero attached hydrogens (tertiary/aromatic N) is 1. The van der Waals surface area contributed by atoms with Gasteiger partial charge in [-0.1, -0.05) is 95.0 Å². The average Bonchev–Trinajstić information content (AvgIpc) is 3.42. The van der Waals surface area contributed by atoms with E-state index in [1.165, 1.54) is 0 Å². The minimum Gasteiger partial charge on any atom is -0.352 e. The lowest BCUT2D eigenvalue weighted by atomic mass is 10.0. The van der Waals surface area contributed by atoms with Crippen molar-refractivity contribution in [3.8, 4) is 0 Å². The van der Waals surface area contributed by atoms with Gasteiger partial charge in [0.2, 0.25) is 11.8 Å². The van der Waals surface area contributed by atoms with Crippen LogP contribution in [0.3, 0.4) is 0 Å². The fraction of sp³-hybridized carbons (Fsp3) is 0.333. The Balaban J connectivity index is 1.55. The molecule has 3 aromatic carbocycles. The number of thioether (sulfide) groups is 1. The fourth-order valence-corrected chi connectivity index (χ4v) is 5.89. The Kier molecular flexibility index (Phi) is 10.5. The monoisotopic (exact) mass is 598 g/mol. The smallest absolute Gasteiger partial charge is 0.243 e. The van der Waals surface area contributed by atoms with Gasteiger partial charge in [0, 0.05) is 34.3 Å². The second-order valence-corrected chi connectivity index (χ2v) is 11.8. The third-order valence-corrected chi connectivity index (χ3v) is 8.42. The number of rotatable bonds is 11. The van der Waals surface area contributed by atoms with Crippen molar-refractivity contribution in [3.63, 3.8) is 0 Å². The van der Waals surface area contributed by atoms with Crippen molar-refractivity contribution in [2.24, 2.45) is 0 Å². The predicted molar refractivity (Wildman–Crippen MR) is 157 cm³/mol. The summed E-state index contributed by atoms with van der Waals surface area (Å²) in [6.45, 7) is 0.352. The maximum atomic E-state index is 13.7. The van der Waals surface area contributed by atoms with E-state index in [1.54, 1.807) is 16.7 Å². The number of carbonyl (C=O) groups is 2. The zero-order valence-electron chi connectivity index (χ0n) is 20.7. The van der Waals surface area contributed by atoms with Crippen LogP contribution in [0.15, 0.2) is 83.3 Å². The molecule has 2 amide bonds. The van der Waals surface area contributed by atoms with E-state index in [1.807, 2.05) is 66.7 Å². The summed E-state index contributed by atoms with van der Waals surface area (Å²) in [7, 11) is 0. The standard InChI is InChI=1S/C30H32BrClN2O2S/c31-25-14-10-24(11-15-25)20-37-21-29(35)34(19-23-12-16-26(32)17-13-23)28(18-22-6-2-1-3-7-22)30(36)33-27-8-4-5-9-27/h1-3,6-7,10-17,27-28H,4-5,8-9,18-21H2,(H,33,36)/t28-/m0/s1. The van der Waals surface area contributed by atoms with Crippen LogP contribution in [0.1, 0.15) is 42.4 Å². The summed E-state index contributed by atoms with van der Waals surface area (Å²) in [5, 5.41) is 3.90. The molecule has 0 aromatic heterocycles. The van der Waals surface area contributed by atoms with Crippen LogP contribution in [0, 0.1) is 0 Å². The van der Waals surface area contributed by atoms with E-state index in [2.05, 4.69) is 33.4 Å². The van der Waals surface area contributed by atoms with Gasteiger partial charge in [-0.2, -0.15) is 0 Å². The van der Waals surface area contributed by atoms with Crippen molar-refractivity contribution in [2.45, 2.75) is 56.5 Å². The molecule has 4 rings (SSSR count). The van der Waals surface area contributed by atoms with E-state index in [9.17, 15) is 9.59 Å². The molecule has 3 aromatic rings. The largest absolute Gasteiger partial charge is 0.352 e. The molecule has 37 heavy (non-hydrogen) atoms. The van der Waals surface area contributed by atoms with Gasteiger partial charge in [-0.25, -0.2) is 0 Å². The number of amides is 2. The molecule has 0 saturated heterocycles. The van der Waals surface area contributed by atoms with E-state index in [4.69, 9.17) is 11.6 Å². The number of hydrogen-bond donors (Lipinski definition) is 1. The second-order valence-electron chi connectivity index (χ2n) is 9.46. The number of benzene rings is 3. The first kappa shape index (κ1) is 27.7.